The van der Waals surface area contributed by atoms with Crippen molar-refractivity contribution in [1.82, 2.24) is 0 Å². The van der Waals surface area contributed by atoms with Gasteiger partial charge in [0.2, 0.25) is 0 Å². The highest BCUT2D eigenvalue weighted by atomic mass is 19.4. The first-order valence-electron chi connectivity index (χ1n) is 6.43. The third kappa shape index (κ3) is 3.64. The molecule has 1 atom stereocenters. The zero-order chi connectivity index (χ0) is 14.6. The molecule has 1 saturated heterocycles. The van der Waals surface area contributed by atoms with Crippen molar-refractivity contribution in [2.75, 3.05) is 25.1 Å². The monoisotopic (exact) mass is 284 g/mol. The Hall–Kier alpha value is -1.74. The van der Waals surface area contributed by atoms with E-state index in [0.717, 1.165) is 32.1 Å². The van der Waals surface area contributed by atoms with E-state index in [1.54, 1.807) is 6.07 Å². The van der Waals surface area contributed by atoms with E-state index in [0.29, 0.717) is 18.2 Å². The van der Waals surface area contributed by atoms with Crippen LogP contribution < -0.4 is 5.32 Å². The summed E-state index contributed by atoms with van der Waals surface area (Å²) < 4.78 is 43.6. The normalized spacial score (nSPS) is 18.8. The summed E-state index contributed by atoms with van der Waals surface area (Å²) in [5.74, 6) is 0.475. The van der Waals surface area contributed by atoms with Gasteiger partial charge in [-0.25, -0.2) is 0 Å². The van der Waals surface area contributed by atoms with Gasteiger partial charge in [-0.15, -0.1) is 0 Å². The molecule has 1 unspecified atom stereocenters. The number of nitriles is 1. The topological polar surface area (TPSA) is 45.0 Å². The van der Waals surface area contributed by atoms with Gasteiger partial charge in [-0.2, -0.15) is 18.4 Å². The van der Waals surface area contributed by atoms with Gasteiger partial charge in [0.1, 0.15) is 0 Å². The number of anilines is 1. The van der Waals surface area contributed by atoms with Crippen LogP contribution in [0.5, 0.6) is 0 Å². The minimum absolute atomic E-state index is 0.354. The minimum atomic E-state index is -4.51. The molecule has 20 heavy (non-hydrogen) atoms. The number of hydrogen-bond acceptors (Lipinski definition) is 3. The lowest BCUT2D eigenvalue weighted by molar-refractivity contribution is -0.137. The van der Waals surface area contributed by atoms with Crippen LogP contribution in [0.15, 0.2) is 18.2 Å². The summed E-state index contributed by atoms with van der Waals surface area (Å²) in [4.78, 5) is 0. The van der Waals surface area contributed by atoms with Gasteiger partial charge >= 0.3 is 6.18 Å². The lowest BCUT2D eigenvalue weighted by Gasteiger charge is -2.13. The van der Waals surface area contributed by atoms with Crippen LogP contribution in [0.25, 0.3) is 0 Å². The molecule has 1 aliphatic rings. The highest BCUT2D eigenvalue weighted by Gasteiger charge is 2.33. The second-order valence-corrected chi connectivity index (χ2v) is 4.81. The van der Waals surface area contributed by atoms with Crippen molar-refractivity contribution in [3.63, 3.8) is 0 Å². The molecule has 0 radical (unpaired) electrons. The van der Waals surface area contributed by atoms with E-state index >= 15 is 0 Å². The lowest BCUT2D eigenvalue weighted by atomic mass is 10.0. The predicted octanol–water partition coefficient (Wildman–Crippen LogP) is 3.42. The second kappa shape index (κ2) is 6.14. The Bertz CT molecular complexity index is 502. The summed E-state index contributed by atoms with van der Waals surface area (Å²) in [6.07, 6.45) is -2.65. The van der Waals surface area contributed by atoms with Gasteiger partial charge in [-0.1, -0.05) is 0 Å². The largest absolute Gasteiger partial charge is 0.417 e. The number of hydrogen-bond donors (Lipinski definition) is 1. The smallest absolute Gasteiger partial charge is 0.385 e. The van der Waals surface area contributed by atoms with Crippen LogP contribution in [0.2, 0.25) is 0 Å². The third-order valence-electron chi connectivity index (χ3n) is 3.35. The van der Waals surface area contributed by atoms with Gasteiger partial charge in [-0.3, -0.25) is 0 Å². The number of nitrogens with one attached hydrogen (secondary N) is 1. The molecule has 108 valence electrons. The first-order valence-corrected chi connectivity index (χ1v) is 6.43. The summed E-state index contributed by atoms with van der Waals surface area (Å²) >= 11 is 0. The molecule has 1 heterocycles. The van der Waals surface area contributed by atoms with Crippen LogP contribution in [0.1, 0.15) is 24.0 Å². The first-order chi connectivity index (χ1) is 9.50. The molecule has 1 aromatic carbocycles. The van der Waals surface area contributed by atoms with E-state index in [1.165, 1.54) is 12.1 Å². The summed E-state index contributed by atoms with van der Waals surface area (Å²) in [6, 6.07) is 5.25. The molecule has 0 saturated carbocycles. The minimum Gasteiger partial charge on any atom is -0.385 e. The maximum absolute atomic E-state index is 12.8. The fourth-order valence-corrected chi connectivity index (χ4v) is 2.22. The first kappa shape index (κ1) is 14.7. The maximum atomic E-state index is 12.8. The maximum Gasteiger partial charge on any atom is 0.417 e. The van der Waals surface area contributed by atoms with Crippen LogP contribution in [0.3, 0.4) is 0 Å². The van der Waals surface area contributed by atoms with Crippen LogP contribution in [0.4, 0.5) is 18.9 Å². The molecule has 0 aliphatic carbocycles. The average Bonchev–Trinajstić information content (AvgIpc) is 2.91. The van der Waals surface area contributed by atoms with Gasteiger partial charge in [0, 0.05) is 25.4 Å². The second-order valence-electron chi connectivity index (χ2n) is 4.81. The van der Waals surface area contributed by atoms with Gasteiger partial charge < -0.3 is 10.1 Å². The van der Waals surface area contributed by atoms with Crippen molar-refractivity contribution in [3.05, 3.63) is 29.3 Å². The quantitative estimate of drug-likeness (QED) is 0.921. The van der Waals surface area contributed by atoms with Crippen molar-refractivity contribution in [2.45, 2.75) is 19.0 Å². The molecule has 1 N–H and O–H groups in total. The molecule has 1 aromatic rings. The number of halogens is 3. The molecule has 1 fully saturated rings. The number of nitrogens with zero attached hydrogens (tertiary/aromatic N) is 1. The Morgan fingerprint density at radius 1 is 1.40 bits per heavy atom. The van der Waals surface area contributed by atoms with E-state index < -0.39 is 11.7 Å². The molecule has 0 aromatic heterocycles. The molecule has 2 rings (SSSR count). The van der Waals surface area contributed by atoms with E-state index in [1.807, 2.05) is 0 Å². The van der Waals surface area contributed by atoms with E-state index in [-0.39, 0.29) is 5.56 Å². The molecule has 6 heteroatoms. The van der Waals surface area contributed by atoms with Crippen LogP contribution in [0, 0.1) is 17.2 Å². The molecule has 0 spiro atoms. The van der Waals surface area contributed by atoms with Crippen LogP contribution in [-0.2, 0) is 10.9 Å². The lowest BCUT2D eigenvalue weighted by Crippen LogP contribution is -2.11. The van der Waals surface area contributed by atoms with E-state index in [9.17, 15) is 13.2 Å². The fraction of sp³-hybridized carbons (Fsp3) is 0.500. The third-order valence-corrected chi connectivity index (χ3v) is 3.35. The molecule has 1 aliphatic heterocycles. The summed E-state index contributed by atoms with van der Waals surface area (Å²) in [5.41, 5.74) is -0.864. The molecular weight excluding hydrogens is 269 g/mol. The molecule has 0 bridgehead atoms. The number of alkyl halides is 3. The predicted molar refractivity (Wildman–Crippen MR) is 68.2 cm³/mol. The fourth-order valence-electron chi connectivity index (χ4n) is 2.22. The van der Waals surface area contributed by atoms with Gasteiger partial charge in [-0.05, 0) is 37.0 Å². The molecular formula is C14H15F3N2O. The Morgan fingerprint density at radius 3 is 2.80 bits per heavy atom. The van der Waals surface area contributed by atoms with Gasteiger partial charge in [0.15, 0.2) is 0 Å². The summed E-state index contributed by atoms with van der Waals surface area (Å²) in [6.45, 7) is 2.08. The zero-order valence-electron chi connectivity index (χ0n) is 10.8. The average molecular weight is 284 g/mol. The molecule has 0 amide bonds. The Balaban J connectivity index is 2.00. The van der Waals surface area contributed by atoms with Crippen molar-refractivity contribution in [2.24, 2.45) is 5.92 Å². The summed E-state index contributed by atoms with van der Waals surface area (Å²) in [7, 11) is 0. The Morgan fingerprint density at radius 2 is 2.20 bits per heavy atom. The highest BCUT2D eigenvalue weighted by Crippen LogP contribution is 2.33. The Labute approximate surface area is 115 Å². The van der Waals surface area contributed by atoms with Crippen LogP contribution >= 0.6 is 0 Å². The Kier molecular flexibility index (Phi) is 4.50. The van der Waals surface area contributed by atoms with E-state index in [2.05, 4.69) is 5.32 Å². The highest BCUT2D eigenvalue weighted by molar-refractivity contribution is 5.53. The number of rotatable bonds is 4. The number of ether oxygens (including phenoxy) is 1. The van der Waals surface area contributed by atoms with Gasteiger partial charge in [0.25, 0.3) is 0 Å². The van der Waals surface area contributed by atoms with Gasteiger partial charge in [0.05, 0.1) is 17.2 Å². The van der Waals surface area contributed by atoms with Crippen molar-refractivity contribution >= 4 is 5.69 Å². The van der Waals surface area contributed by atoms with Crippen LogP contribution in [-0.4, -0.2) is 19.8 Å². The number of benzene rings is 1. The summed E-state index contributed by atoms with van der Waals surface area (Å²) in [5, 5.41) is 11.7. The zero-order valence-corrected chi connectivity index (χ0v) is 10.8. The van der Waals surface area contributed by atoms with E-state index in [4.69, 9.17) is 10.00 Å². The standard InChI is InChI=1S/C14H15F3N2O/c15-14(16,17)13-7-12(2-1-11(13)8-18)19-5-3-10-4-6-20-9-10/h1-2,7,10,19H,3-6,9H2. The molecule has 3 nitrogen and oxygen atoms in total. The van der Waals surface area contributed by atoms with Crippen molar-refractivity contribution in [3.8, 4) is 6.07 Å². The van der Waals surface area contributed by atoms with Crippen molar-refractivity contribution in [1.29, 1.82) is 5.26 Å². The van der Waals surface area contributed by atoms with Crippen molar-refractivity contribution < 1.29 is 17.9 Å². The SMILES string of the molecule is N#Cc1ccc(NCCC2CCOC2)cc1C(F)(F)F.